The molecule has 0 spiro atoms. The highest BCUT2D eigenvalue weighted by atomic mass is 16.5. The first-order valence-corrected chi connectivity index (χ1v) is 11.1. The molecule has 0 aliphatic heterocycles. The van der Waals surface area contributed by atoms with Crippen LogP contribution in [0.2, 0.25) is 0 Å². The van der Waals surface area contributed by atoms with E-state index in [1.807, 2.05) is 12.1 Å². The van der Waals surface area contributed by atoms with E-state index >= 15 is 0 Å². The predicted molar refractivity (Wildman–Crippen MR) is 120 cm³/mol. The van der Waals surface area contributed by atoms with Crippen LogP contribution in [0.3, 0.4) is 0 Å². The number of ether oxygens (including phenoxy) is 2. The summed E-state index contributed by atoms with van der Waals surface area (Å²) in [5, 5.41) is 0.867. The van der Waals surface area contributed by atoms with Crippen LogP contribution in [0.1, 0.15) is 53.4 Å². The first kappa shape index (κ1) is 21.7. The summed E-state index contributed by atoms with van der Waals surface area (Å²) >= 11 is 0. The maximum absolute atomic E-state index is 11.6. The second kappa shape index (κ2) is 7.85. The van der Waals surface area contributed by atoms with E-state index in [4.69, 9.17) is 13.9 Å². The first-order chi connectivity index (χ1) is 14.6. The predicted octanol–water partition coefficient (Wildman–Crippen LogP) is 5.51. The number of fused-ring (bicyclic) bond motifs is 2. The van der Waals surface area contributed by atoms with Crippen LogP contribution < -0.4 is 10.4 Å². The normalized spacial score (nSPS) is 29.9. The Morgan fingerprint density at radius 3 is 2.68 bits per heavy atom. The Labute approximate surface area is 183 Å². The summed E-state index contributed by atoms with van der Waals surface area (Å²) in [6.45, 7) is 13.2. The van der Waals surface area contributed by atoms with E-state index in [9.17, 15) is 9.59 Å². The largest absolute Gasteiger partial charge is 0.493 e. The minimum Gasteiger partial charge on any atom is -0.493 e. The van der Waals surface area contributed by atoms with Crippen LogP contribution >= 0.6 is 0 Å². The zero-order valence-corrected chi connectivity index (χ0v) is 18.9. The van der Waals surface area contributed by atoms with Crippen molar-refractivity contribution in [3.8, 4) is 5.75 Å². The lowest BCUT2D eigenvalue weighted by Crippen LogP contribution is -2.56. The molecule has 0 radical (unpaired) electrons. The minimum absolute atomic E-state index is 0.0267. The van der Waals surface area contributed by atoms with Crippen LogP contribution in [-0.4, -0.2) is 18.7 Å². The number of rotatable bonds is 4. The van der Waals surface area contributed by atoms with E-state index in [0.29, 0.717) is 23.9 Å². The number of carbonyl (C=O) groups excluding carboxylic acids is 1. The molecular weight excluding hydrogens is 392 g/mol. The lowest BCUT2D eigenvalue weighted by Gasteiger charge is -2.59. The first-order valence-electron chi connectivity index (χ1n) is 11.1. The van der Waals surface area contributed by atoms with E-state index in [0.717, 1.165) is 31.1 Å². The molecule has 2 fully saturated rings. The molecule has 4 rings (SSSR count). The SMILES string of the molecule is C=C1CC[C@@H]2C(C)(C)[C@@H](OC(C)=O)CC[C@@]2(C)[C@H]1COc1ccc2ccc(=O)oc2c1. The Balaban J connectivity index is 1.56. The molecule has 2 aliphatic carbocycles. The summed E-state index contributed by atoms with van der Waals surface area (Å²) in [6, 6.07) is 8.77. The van der Waals surface area contributed by atoms with Gasteiger partial charge in [-0.15, -0.1) is 0 Å². The second-order valence-corrected chi connectivity index (χ2v) is 10.0. The van der Waals surface area contributed by atoms with Gasteiger partial charge in [-0.2, -0.15) is 0 Å². The van der Waals surface area contributed by atoms with Gasteiger partial charge in [-0.3, -0.25) is 4.79 Å². The quantitative estimate of drug-likeness (QED) is 0.368. The van der Waals surface area contributed by atoms with Gasteiger partial charge in [-0.1, -0.05) is 32.9 Å². The molecule has 0 saturated heterocycles. The number of hydrogen-bond donors (Lipinski definition) is 0. The van der Waals surface area contributed by atoms with Gasteiger partial charge in [0.1, 0.15) is 17.4 Å². The van der Waals surface area contributed by atoms with E-state index < -0.39 is 0 Å². The molecular formula is C26H32O5. The molecule has 0 bridgehead atoms. The summed E-state index contributed by atoms with van der Waals surface area (Å²) < 4.78 is 17.2. The summed E-state index contributed by atoms with van der Waals surface area (Å²) in [4.78, 5) is 23.2. The zero-order valence-electron chi connectivity index (χ0n) is 18.9. The molecule has 0 N–H and O–H groups in total. The molecule has 2 aromatic rings. The number of carbonyl (C=O) groups is 1. The third kappa shape index (κ3) is 3.90. The van der Waals surface area contributed by atoms with Gasteiger partial charge < -0.3 is 13.9 Å². The van der Waals surface area contributed by atoms with E-state index in [-0.39, 0.29) is 34.4 Å². The molecule has 0 unspecified atom stereocenters. The lowest BCUT2D eigenvalue weighted by atomic mass is 9.47. The molecule has 31 heavy (non-hydrogen) atoms. The fraction of sp³-hybridized carbons (Fsp3) is 0.538. The number of hydrogen-bond acceptors (Lipinski definition) is 5. The summed E-state index contributed by atoms with van der Waals surface area (Å²) in [6.07, 6.45) is 3.78. The average Bonchev–Trinajstić information content (AvgIpc) is 2.69. The van der Waals surface area contributed by atoms with Crippen molar-refractivity contribution in [2.24, 2.45) is 22.7 Å². The lowest BCUT2D eigenvalue weighted by molar-refractivity contribution is -0.175. The number of esters is 1. The fourth-order valence-electron chi connectivity index (χ4n) is 6.18. The summed E-state index contributed by atoms with van der Waals surface area (Å²) in [5.74, 6) is 1.10. The monoisotopic (exact) mass is 424 g/mol. The van der Waals surface area contributed by atoms with Gasteiger partial charge in [0.25, 0.3) is 0 Å². The van der Waals surface area contributed by atoms with Crippen molar-refractivity contribution >= 4 is 16.9 Å². The number of benzene rings is 1. The van der Waals surface area contributed by atoms with Gasteiger partial charge in [-0.05, 0) is 55.2 Å². The van der Waals surface area contributed by atoms with Gasteiger partial charge in [0, 0.05) is 35.8 Å². The maximum atomic E-state index is 11.6. The van der Waals surface area contributed by atoms with Crippen molar-refractivity contribution in [1.29, 1.82) is 0 Å². The molecule has 1 aromatic heterocycles. The second-order valence-electron chi connectivity index (χ2n) is 10.0. The van der Waals surface area contributed by atoms with Crippen LogP contribution in [0, 0.1) is 22.7 Å². The Kier molecular flexibility index (Phi) is 5.48. The van der Waals surface area contributed by atoms with Crippen LogP contribution in [0.15, 0.2) is 51.7 Å². The fourth-order valence-corrected chi connectivity index (χ4v) is 6.18. The summed E-state index contributed by atoms with van der Waals surface area (Å²) in [7, 11) is 0. The van der Waals surface area contributed by atoms with Crippen molar-refractivity contribution in [3.63, 3.8) is 0 Å². The van der Waals surface area contributed by atoms with Crippen LogP contribution in [0.25, 0.3) is 11.0 Å². The zero-order chi connectivity index (χ0) is 22.4. The standard InChI is InChI=1S/C26H32O5/c1-16-6-10-22-25(3,4)23(30-17(2)27)12-13-26(22,5)20(16)15-29-19-9-7-18-8-11-24(28)31-21(18)14-19/h7-9,11,14,20,22-23H,1,6,10,12-13,15H2,2-5H3/t20-,22+,23-,26-/m0/s1. The summed E-state index contributed by atoms with van der Waals surface area (Å²) in [5.41, 5.74) is 1.31. The molecule has 5 heteroatoms. The third-order valence-corrected chi connectivity index (χ3v) is 7.83. The molecule has 1 aromatic carbocycles. The highest BCUT2D eigenvalue weighted by molar-refractivity contribution is 5.77. The van der Waals surface area contributed by atoms with Gasteiger partial charge in [0.05, 0.1) is 6.61 Å². The molecule has 0 amide bonds. The maximum Gasteiger partial charge on any atom is 0.336 e. The molecule has 5 nitrogen and oxygen atoms in total. The topological polar surface area (TPSA) is 65.7 Å². The van der Waals surface area contributed by atoms with Crippen molar-refractivity contribution in [2.45, 2.75) is 59.5 Å². The highest BCUT2D eigenvalue weighted by Gasteiger charge is 2.57. The van der Waals surface area contributed by atoms with Crippen molar-refractivity contribution in [2.75, 3.05) is 6.61 Å². The van der Waals surface area contributed by atoms with Gasteiger partial charge in [0.2, 0.25) is 0 Å². The van der Waals surface area contributed by atoms with Crippen molar-refractivity contribution < 1.29 is 18.7 Å². The molecule has 166 valence electrons. The van der Waals surface area contributed by atoms with Gasteiger partial charge in [-0.25, -0.2) is 4.79 Å². The van der Waals surface area contributed by atoms with Crippen molar-refractivity contribution in [1.82, 2.24) is 0 Å². The highest BCUT2D eigenvalue weighted by Crippen LogP contribution is 2.61. The smallest absolute Gasteiger partial charge is 0.336 e. The Morgan fingerprint density at radius 2 is 1.94 bits per heavy atom. The molecule has 2 aliphatic rings. The third-order valence-electron chi connectivity index (χ3n) is 7.83. The molecule has 2 saturated carbocycles. The van der Waals surface area contributed by atoms with Crippen molar-refractivity contribution in [3.05, 3.63) is 52.9 Å². The van der Waals surface area contributed by atoms with Crippen LogP contribution in [0.4, 0.5) is 0 Å². The van der Waals surface area contributed by atoms with E-state index in [1.54, 1.807) is 12.1 Å². The Bertz CT molecular complexity index is 1060. The molecule has 1 heterocycles. The minimum atomic E-state index is -0.368. The van der Waals surface area contributed by atoms with Crippen LogP contribution in [-0.2, 0) is 9.53 Å². The van der Waals surface area contributed by atoms with Gasteiger partial charge in [0.15, 0.2) is 0 Å². The Hall–Kier alpha value is -2.56. The Morgan fingerprint density at radius 1 is 1.19 bits per heavy atom. The van der Waals surface area contributed by atoms with Gasteiger partial charge >= 0.3 is 11.6 Å². The van der Waals surface area contributed by atoms with E-state index in [2.05, 4.69) is 27.4 Å². The van der Waals surface area contributed by atoms with Crippen LogP contribution in [0.5, 0.6) is 5.75 Å². The average molecular weight is 425 g/mol. The molecule has 4 atom stereocenters. The van der Waals surface area contributed by atoms with E-state index in [1.165, 1.54) is 18.6 Å².